The van der Waals surface area contributed by atoms with Gasteiger partial charge in [-0.05, 0) is 25.8 Å². The molecule has 2 aliphatic rings. The Morgan fingerprint density at radius 3 is 2.78 bits per heavy atom. The first-order valence-electron chi connectivity index (χ1n) is 9.93. The number of ether oxygens (including phenoxy) is 1. The predicted octanol–water partition coefficient (Wildman–Crippen LogP) is 3.95. The van der Waals surface area contributed by atoms with E-state index in [0.717, 1.165) is 29.4 Å². The summed E-state index contributed by atoms with van der Waals surface area (Å²) in [7, 11) is 3.53. The molecule has 2 aromatic rings. The fourth-order valence-electron chi connectivity index (χ4n) is 4.22. The third-order valence-electron chi connectivity index (χ3n) is 5.57. The lowest BCUT2D eigenvalue weighted by Gasteiger charge is -2.28. The summed E-state index contributed by atoms with van der Waals surface area (Å²) < 4.78 is 8.13. The molecule has 2 heterocycles. The van der Waals surface area contributed by atoms with Gasteiger partial charge in [-0.3, -0.25) is 9.36 Å². The van der Waals surface area contributed by atoms with Crippen LogP contribution in [0.3, 0.4) is 0 Å². The van der Waals surface area contributed by atoms with Crippen molar-refractivity contribution >= 4 is 11.6 Å². The Hall–Kier alpha value is -2.50. The number of nitrogens with one attached hydrogen (secondary N) is 1. The number of nitrogens with zero attached hydrogens (tertiary/aromatic N) is 3. The van der Waals surface area contributed by atoms with E-state index in [1.807, 2.05) is 25.3 Å². The summed E-state index contributed by atoms with van der Waals surface area (Å²) in [5.74, 6) is 2.25. The molecule has 1 aliphatic carbocycles. The van der Waals surface area contributed by atoms with Crippen LogP contribution in [0.1, 0.15) is 66.8 Å². The van der Waals surface area contributed by atoms with Crippen molar-refractivity contribution in [2.75, 3.05) is 26.0 Å². The van der Waals surface area contributed by atoms with E-state index in [1.165, 1.54) is 32.1 Å². The van der Waals surface area contributed by atoms with E-state index in [2.05, 4.69) is 9.88 Å². The molecule has 0 bridgehead atoms. The van der Waals surface area contributed by atoms with Crippen LogP contribution in [0.2, 0.25) is 0 Å². The summed E-state index contributed by atoms with van der Waals surface area (Å²) in [6.45, 7) is 3.18. The standard InChI is InChI=1S/C21H28N4O2/c1-4-27-19-11-18-17(10-16(19)21(26)24(2)3)22-12-15-13-23-20(25(15)18)14-8-6-5-7-9-14/h10-11,13-14,22H,4-9,12H2,1-3H3. The highest BCUT2D eigenvalue weighted by molar-refractivity contribution is 5.98. The molecule has 4 rings (SSSR count). The topological polar surface area (TPSA) is 59.4 Å². The quantitative estimate of drug-likeness (QED) is 0.888. The zero-order valence-electron chi connectivity index (χ0n) is 16.4. The number of aromatic nitrogens is 2. The van der Waals surface area contributed by atoms with Crippen LogP contribution in [0.25, 0.3) is 5.69 Å². The molecule has 6 heteroatoms. The number of hydrogen-bond acceptors (Lipinski definition) is 4. The number of anilines is 1. The molecule has 0 radical (unpaired) electrons. The molecule has 1 saturated carbocycles. The monoisotopic (exact) mass is 368 g/mol. The molecule has 6 nitrogen and oxygen atoms in total. The first kappa shape index (κ1) is 17.9. The van der Waals surface area contributed by atoms with Gasteiger partial charge in [0.2, 0.25) is 0 Å². The fourth-order valence-corrected chi connectivity index (χ4v) is 4.22. The van der Waals surface area contributed by atoms with Crippen LogP contribution in [0.15, 0.2) is 18.3 Å². The molecule has 1 amide bonds. The van der Waals surface area contributed by atoms with E-state index >= 15 is 0 Å². The summed E-state index contributed by atoms with van der Waals surface area (Å²) in [5.41, 5.74) is 3.76. The lowest BCUT2D eigenvalue weighted by atomic mass is 9.88. The van der Waals surface area contributed by atoms with Crippen molar-refractivity contribution in [3.63, 3.8) is 0 Å². The van der Waals surface area contributed by atoms with Gasteiger partial charge in [-0.1, -0.05) is 19.3 Å². The van der Waals surface area contributed by atoms with Crippen LogP contribution in [0, 0.1) is 0 Å². The van der Waals surface area contributed by atoms with Gasteiger partial charge in [0, 0.05) is 26.1 Å². The Morgan fingerprint density at radius 2 is 2.07 bits per heavy atom. The summed E-state index contributed by atoms with van der Waals surface area (Å²) in [6, 6.07) is 3.93. The molecule has 1 fully saturated rings. The molecular weight excluding hydrogens is 340 g/mol. The van der Waals surface area contributed by atoms with Gasteiger partial charge in [0.1, 0.15) is 11.6 Å². The van der Waals surface area contributed by atoms with E-state index in [1.54, 1.807) is 19.0 Å². The minimum absolute atomic E-state index is 0.0491. The molecule has 1 aromatic heterocycles. The summed E-state index contributed by atoms with van der Waals surface area (Å²) in [6.07, 6.45) is 8.27. The number of carbonyl (C=O) groups excluding carboxylic acids is 1. The maximum absolute atomic E-state index is 12.6. The van der Waals surface area contributed by atoms with Gasteiger partial charge >= 0.3 is 0 Å². The molecule has 27 heavy (non-hydrogen) atoms. The highest BCUT2D eigenvalue weighted by atomic mass is 16.5. The molecule has 1 aliphatic heterocycles. The van der Waals surface area contributed by atoms with Gasteiger partial charge in [0.15, 0.2) is 0 Å². The summed E-state index contributed by atoms with van der Waals surface area (Å²) >= 11 is 0. The van der Waals surface area contributed by atoms with E-state index in [0.29, 0.717) is 23.8 Å². The van der Waals surface area contributed by atoms with Gasteiger partial charge in [0.25, 0.3) is 5.91 Å². The SMILES string of the molecule is CCOc1cc2c(cc1C(=O)N(C)C)NCc1cnc(C3CCCCC3)n1-2. The Bertz CT molecular complexity index is 850. The first-order valence-corrected chi connectivity index (χ1v) is 9.93. The van der Waals surface area contributed by atoms with Crippen molar-refractivity contribution in [2.24, 2.45) is 0 Å². The number of fused-ring (bicyclic) bond motifs is 3. The maximum Gasteiger partial charge on any atom is 0.257 e. The molecule has 1 aromatic carbocycles. The Labute approximate surface area is 160 Å². The van der Waals surface area contributed by atoms with Crippen LogP contribution in [0.4, 0.5) is 5.69 Å². The number of hydrogen-bond donors (Lipinski definition) is 1. The minimum atomic E-state index is -0.0491. The van der Waals surface area contributed by atoms with Crippen molar-refractivity contribution < 1.29 is 9.53 Å². The van der Waals surface area contributed by atoms with Crippen molar-refractivity contribution in [1.29, 1.82) is 0 Å². The van der Waals surface area contributed by atoms with Crippen LogP contribution >= 0.6 is 0 Å². The normalized spacial score (nSPS) is 16.3. The minimum Gasteiger partial charge on any atom is -0.493 e. The fraction of sp³-hybridized carbons (Fsp3) is 0.524. The lowest BCUT2D eigenvalue weighted by molar-refractivity contribution is 0.0823. The van der Waals surface area contributed by atoms with Gasteiger partial charge in [0.05, 0.1) is 42.0 Å². The van der Waals surface area contributed by atoms with Crippen LogP contribution in [0.5, 0.6) is 5.75 Å². The zero-order chi connectivity index (χ0) is 19.0. The molecule has 0 saturated heterocycles. The van der Waals surface area contributed by atoms with Crippen molar-refractivity contribution in [3.05, 3.63) is 35.4 Å². The number of amides is 1. The third-order valence-corrected chi connectivity index (χ3v) is 5.57. The number of carbonyl (C=O) groups is 1. The Balaban J connectivity index is 1.82. The van der Waals surface area contributed by atoms with Crippen molar-refractivity contribution in [1.82, 2.24) is 14.5 Å². The molecular formula is C21H28N4O2. The average Bonchev–Trinajstić information content (AvgIpc) is 3.12. The second-order valence-electron chi connectivity index (χ2n) is 7.63. The van der Waals surface area contributed by atoms with Crippen molar-refractivity contribution in [3.8, 4) is 11.4 Å². The molecule has 1 N–H and O–H groups in total. The predicted molar refractivity (Wildman–Crippen MR) is 106 cm³/mol. The zero-order valence-corrected chi connectivity index (χ0v) is 16.4. The van der Waals surface area contributed by atoms with E-state index in [9.17, 15) is 4.79 Å². The van der Waals surface area contributed by atoms with Gasteiger partial charge in [-0.2, -0.15) is 0 Å². The average molecular weight is 368 g/mol. The lowest BCUT2D eigenvalue weighted by Crippen LogP contribution is -2.24. The summed E-state index contributed by atoms with van der Waals surface area (Å²) in [5, 5.41) is 3.45. The number of rotatable bonds is 4. The van der Waals surface area contributed by atoms with Crippen molar-refractivity contribution in [2.45, 2.75) is 51.5 Å². The molecule has 0 atom stereocenters. The van der Waals surface area contributed by atoms with E-state index in [4.69, 9.17) is 9.72 Å². The van der Waals surface area contributed by atoms with Crippen LogP contribution in [-0.2, 0) is 6.54 Å². The largest absolute Gasteiger partial charge is 0.493 e. The molecule has 0 spiro atoms. The second-order valence-corrected chi connectivity index (χ2v) is 7.63. The van der Waals surface area contributed by atoms with Gasteiger partial charge < -0.3 is 15.0 Å². The van der Waals surface area contributed by atoms with E-state index in [-0.39, 0.29) is 5.91 Å². The molecule has 0 unspecified atom stereocenters. The Morgan fingerprint density at radius 1 is 1.30 bits per heavy atom. The maximum atomic E-state index is 12.6. The summed E-state index contributed by atoms with van der Waals surface area (Å²) in [4.78, 5) is 19.0. The molecule has 144 valence electrons. The first-order chi connectivity index (χ1) is 13.1. The highest BCUT2D eigenvalue weighted by Crippen LogP contribution is 2.39. The van der Waals surface area contributed by atoms with Crippen LogP contribution < -0.4 is 10.1 Å². The third kappa shape index (κ3) is 3.17. The smallest absolute Gasteiger partial charge is 0.257 e. The number of imidazole rings is 1. The highest BCUT2D eigenvalue weighted by Gasteiger charge is 2.28. The number of benzene rings is 1. The second kappa shape index (κ2) is 7.25. The van der Waals surface area contributed by atoms with Gasteiger partial charge in [-0.25, -0.2) is 4.98 Å². The van der Waals surface area contributed by atoms with E-state index < -0.39 is 0 Å². The van der Waals surface area contributed by atoms with Crippen LogP contribution in [-0.4, -0.2) is 41.1 Å². The Kier molecular flexibility index (Phi) is 4.81. The van der Waals surface area contributed by atoms with Gasteiger partial charge in [-0.15, -0.1) is 0 Å².